The van der Waals surface area contributed by atoms with Gasteiger partial charge in [-0.25, -0.2) is 4.57 Å². The van der Waals surface area contributed by atoms with Crippen LogP contribution < -0.4 is 4.57 Å². The molecular formula is C29H28N+. The van der Waals surface area contributed by atoms with Gasteiger partial charge in [-0.05, 0) is 51.9 Å². The number of rotatable bonds is 2. The normalized spacial score (nSPS) is 23.2. The highest BCUT2D eigenvalue weighted by Crippen LogP contribution is 2.44. The molecule has 4 aromatic rings. The van der Waals surface area contributed by atoms with Crippen LogP contribution in [0.2, 0.25) is 0 Å². The zero-order chi connectivity index (χ0) is 22.7. The van der Waals surface area contributed by atoms with Gasteiger partial charge in [-0.15, -0.1) is 0 Å². The van der Waals surface area contributed by atoms with E-state index in [9.17, 15) is 1.37 Å². The molecule has 0 amide bonds. The lowest BCUT2D eigenvalue weighted by Gasteiger charge is -2.31. The van der Waals surface area contributed by atoms with E-state index in [2.05, 4.69) is 79.3 Å². The topological polar surface area (TPSA) is 3.88 Å². The molecule has 148 valence electrons. The summed E-state index contributed by atoms with van der Waals surface area (Å²) in [4.78, 5) is 0. The Bertz CT molecular complexity index is 1350. The summed E-state index contributed by atoms with van der Waals surface area (Å²) >= 11 is 0. The second-order valence-electron chi connectivity index (χ2n) is 8.28. The Balaban J connectivity index is 1.68. The van der Waals surface area contributed by atoms with E-state index in [1.165, 1.54) is 11.1 Å². The third-order valence-electron chi connectivity index (χ3n) is 6.47. The number of fused-ring (bicyclic) bond motifs is 2. The van der Waals surface area contributed by atoms with Gasteiger partial charge in [0.15, 0.2) is 6.20 Å². The fourth-order valence-corrected chi connectivity index (χ4v) is 4.67. The van der Waals surface area contributed by atoms with E-state index in [1.54, 1.807) is 0 Å². The van der Waals surface area contributed by atoms with Crippen LogP contribution in [-0.4, -0.2) is 0 Å². The summed E-state index contributed by atoms with van der Waals surface area (Å²) in [7, 11) is 2.07. The van der Waals surface area contributed by atoms with Gasteiger partial charge in [0.25, 0.3) is 0 Å². The van der Waals surface area contributed by atoms with Crippen molar-refractivity contribution >= 4 is 0 Å². The lowest BCUT2D eigenvalue weighted by molar-refractivity contribution is -0.660. The molecule has 0 saturated heterocycles. The molecule has 1 aliphatic rings. The molecule has 0 bridgehead atoms. The molecule has 1 aliphatic carbocycles. The summed E-state index contributed by atoms with van der Waals surface area (Å²) in [6.45, 7) is 6.03. The van der Waals surface area contributed by atoms with Crippen LogP contribution in [0.5, 0.6) is 0 Å². The third-order valence-corrected chi connectivity index (χ3v) is 6.47. The fourth-order valence-electron chi connectivity index (χ4n) is 4.67. The van der Waals surface area contributed by atoms with E-state index in [4.69, 9.17) is 1.37 Å². The molecule has 1 heterocycles. The Morgan fingerprint density at radius 1 is 0.700 bits per heavy atom. The monoisotopic (exact) mass is 392 g/mol. The lowest BCUT2D eigenvalue weighted by Crippen LogP contribution is -2.30. The van der Waals surface area contributed by atoms with E-state index >= 15 is 0 Å². The molecule has 1 heteroatoms. The van der Waals surface area contributed by atoms with Gasteiger partial charge in [-0.1, -0.05) is 74.5 Å². The van der Waals surface area contributed by atoms with Crippen molar-refractivity contribution in [2.75, 3.05) is 0 Å². The first-order valence-electron chi connectivity index (χ1n) is 11.5. The van der Waals surface area contributed by atoms with Crippen LogP contribution in [0.25, 0.3) is 22.4 Å². The molecule has 30 heavy (non-hydrogen) atoms. The molecule has 0 saturated carbocycles. The first-order chi connectivity index (χ1) is 15.2. The summed E-state index contributed by atoms with van der Waals surface area (Å²) in [5.74, 6) is -1.78. The highest BCUT2D eigenvalue weighted by Gasteiger charge is 2.27. The number of aromatic nitrogens is 1. The molecule has 2 unspecified atom stereocenters. The maximum atomic E-state index is 9.28. The van der Waals surface area contributed by atoms with Gasteiger partial charge in [-0.3, -0.25) is 0 Å². The number of pyridine rings is 1. The third kappa shape index (κ3) is 2.97. The molecule has 2 atom stereocenters. The van der Waals surface area contributed by atoms with E-state index in [0.29, 0.717) is 0 Å². The van der Waals surface area contributed by atoms with Crippen molar-refractivity contribution in [2.24, 2.45) is 7.05 Å². The number of aryl methyl sites for hydroxylation is 2. The van der Waals surface area contributed by atoms with Crippen molar-refractivity contribution in [3.8, 4) is 22.4 Å². The predicted molar refractivity (Wildman–Crippen MR) is 125 cm³/mol. The van der Waals surface area contributed by atoms with Crippen LogP contribution in [0.4, 0.5) is 0 Å². The second-order valence-corrected chi connectivity index (χ2v) is 8.28. The number of hydrogen-bond acceptors (Lipinski definition) is 0. The Morgan fingerprint density at radius 2 is 1.30 bits per heavy atom. The molecule has 0 spiro atoms. The molecule has 0 fully saturated rings. The molecule has 1 aromatic heterocycles. The fraction of sp³-hybridized carbons (Fsp3) is 0.207. The van der Waals surface area contributed by atoms with Gasteiger partial charge >= 0.3 is 0 Å². The van der Waals surface area contributed by atoms with Crippen LogP contribution in [0.3, 0.4) is 0 Å². The Hall–Kier alpha value is -3.19. The minimum Gasteiger partial charge on any atom is -0.201 e. The molecule has 1 nitrogen and oxygen atoms in total. The molecule has 5 rings (SSSR count). The highest BCUT2D eigenvalue weighted by molar-refractivity contribution is 5.72. The van der Waals surface area contributed by atoms with Gasteiger partial charge in [0.05, 0.1) is 0 Å². The predicted octanol–water partition coefficient (Wildman–Crippen LogP) is 6.77. The SMILES string of the molecule is [2H]C1(C)c2ccccc2C([2H])(C)c2cc(-c3cc[n+](C)c(-c4ccccc4C)c3)ccc21. The van der Waals surface area contributed by atoms with Crippen molar-refractivity contribution in [2.45, 2.75) is 32.6 Å². The molecule has 0 aliphatic heterocycles. The zero-order valence-corrected chi connectivity index (χ0v) is 18.0. The number of nitrogens with zero attached hydrogens (tertiary/aromatic N) is 1. The highest BCUT2D eigenvalue weighted by atomic mass is 14.9. The average molecular weight is 393 g/mol. The Kier molecular flexibility index (Phi) is 4.01. The quantitative estimate of drug-likeness (QED) is 0.331. The van der Waals surface area contributed by atoms with Crippen molar-refractivity contribution in [3.05, 3.63) is 113 Å². The summed E-state index contributed by atoms with van der Waals surface area (Å²) in [6.07, 6.45) is 2.10. The van der Waals surface area contributed by atoms with Crippen LogP contribution in [-0.2, 0) is 7.05 Å². The Labute approximate surface area is 182 Å². The first-order valence-corrected chi connectivity index (χ1v) is 10.5. The van der Waals surface area contributed by atoms with Crippen LogP contribution in [0, 0.1) is 6.92 Å². The summed E-state index contributed by atoms with van der Waals surface area (Å²) in [5, 5.41) is 0. The van der Waals surface area contributed by atoms with Crippen LogP contribution in [0.15, 0.2) is 85.1 Å². The minimum atomic E-state index is -0.902. The smallest absolute Gasteiger partial charge is 0.201 e. The van der Waals surface area contributed by atoms with Crippen LogP contribution >= 0.6 is 0 Å². The molecular weight excluding hydrogens is 362 g/mol. The van der Waals surface area contributed by atoms with E-state index in [-0.39, 0.29) is 0 Å². The largest absolute Gasteiger partial charge is 0.213 e. The number of hydrogen-bond donors (Lipinski definition) is 0. The van der Waals surface area contributed by atoms with E-state index in [0.717, 1.165) is 39.1 Å². The van der Waals surface area contributed by atoms with Gasteiger partial charge in [-0.2, -0.15) is 0 Å². The van der Waals surface area contributed by atoms with Gasteiger partial charge in [0.1, 0.15) is 7.05 Å². The van der Waals surface area contributed by atoms with Crippen molar-refractivity contribution < 1.29 is 7.31 Å². The zero-order valence-electron chi connectivity index (χ0n) is 20.0. The van der Waals surface area contributed by atoms with Gasteiger partial charge < -0.3 is 0 Å². The lowest BCUT2D eigenvalue weighted by atomic mass is 9.73. The maximum absolute atomic E-state index is 9.28. The molecule has 0 N–H and O–H groups in total. The summed E-state index contributed by atoms with van der Waals surface area (Å²) in [6, 6.07) is 27.0. The first kappa shape index (κ1) is 16.6. The second kappa shape index (κ2) is 7.25. The van der Waals surface area contributed by atoms with Gasteiger partial charge in [0.2, 0.25) is 5.69 Å². The Morgan fingerprint density at radius 3 is 2.03 bits per heavy atom. The van der Waals surface area contributed by atoms with Crippen molar-refractivity contribution in [3.63, 3.8) is 0 Å². The average Bonchev–Trinajstić information content (AvgIpc) is 2.79. The summed E-state index contributed by atoms with van der Waals surface area (Å²) in [5.41, 5.74) is 9.48. The van der Waals surface area contributed by atoms with Crippen LogP contribution in [0.1, 0.15) is 56.2 Å². The molecule has 3 aromatic carbocycles. The maximum Gasteiger partial charge on any atom is 0.213 e. The van der Waals surface area contributed by atoms with Gasteiger partial charge in [0, 0.05) is 32.2 Å². The van der Waals surface area contributed by atoms with Crippen molar-refractivity contribution in [1.29, 1.82) is 0 Å². The summed E-state index contributed by atoms with van der Waals surface area (Å²) < 4.78 is 20.6. The van der Waals surface area contributed by atoms with E-state index in [1.807, 2.05) is 38.1 Å². The van der Waals surface area contributed by atoms with Crippen molar-refractivity contribution in [1.82, 2.24) is 0 Å². The number of benzene rings is 3. The standard InChI is InChI=1S/C29H28N/c1-19-9-5-6-10-24(19)29-18-23(15-16-30(29)4)22-13-14-27-20(2)25-11-7-8-12-26(25)21(3)28(27)17-22/h5-18,20-21H,1-4H3/q+1/i20D,21D. The minimum absolute atomic E-state index is 0.875. The van der Waals surface area contributed by atoms with E-state index < -0.39 is 11.8 Å². The molecule has 0 radical (unpaired) electrons.